The van der Waals surface area contributed by atoms with E-state index in [4.69, 9.17) is 0 Å². The number of rotatable bonds is 6. The first-order valence-corrected chi connectivity index (χ1v) is 8.78. The molecule has 0 aromatic heterocycles. The van der Waals surface area contributed by atoms with Gasteiger partial charge in [-0.15, -0.1) is 0 Å². The summed E-state index contributed by atoms with van der Waals surface area (Å²) in [6.07, 6.45) is 9.21. The monoisotopic (exact) mass is 310 g/mol. The van der Waals surface area contributed by atoms with Gasteiger partial charge in [0.05, 0.1) is 0 Å². The maximum Gasteiger partial charge on any atom is 0.315 e. The quantitative estimate of drug-likeness (QED) is 0.558. The molecule has 2 fully saturated rings. The molecule has 2 aliphatic rings. The van der Waals surface area contributed by atoms with Crippen LogP contribution >= 0.6 is 0 Å². The van der Waals surface area contributed by atoms with E-state index < -0.39 is 0 Å². The molecule has 1 heterocycles. The van der Waals surface area contributed by atoms with E-state index in [0.717, 1.165) is 38.8 Å². The minimum absolute atomic E-state index is 0.0863. The molecule has 126 valence electrons. The third-order valence-corrected chi connectivity index (χ3v) is 4.47. The van der Waals surface area contributed by atoms with Crippen molar-refractivity contribution in [1.29, 1.82) is 0 Å². The fourth-order valence-corrected chi connectivity index (χ4v) is 3.21. The Hall–Kier alpha value is -1.30. The summed E-state index contributed by atoms with van der Waals surface area (Å²) >= 11 is 0. The van der Waals surface area contributed by atoms with Gasteiger partial charge in [-0.05, 0) is 38.6 Å². The molecule has 1 unspecified atom stereocenters. The third-order valence-electron chi connectivity index (χ3n) is 4.47. The van der Waals surface area contributed by atoms with Crippen LogP contribution in [0, 0.1) is 0 Å². The van der Waals surface area contributed by atoms with Crippen LogP contribution in [0.5, 0.6) is 0 Å². The summed E-state index contributed by atoms with van der Waals surface area (Å²) in [5, 5.41) is 12.2. The zero-order valence-electron chi connectivity index (χ0n) is 13.5. The van der Waals surface area contributed by atoms with Crippen LogP contribution in [0.3, 0.4) is 0 Å². The number of amides is 3. The molecule has 22 heavy (non-hydrogen) atoms. The predicted octanol–water partition coefficient (Wildman–Crippen LogP) is 1.27. The molecule has 2 rings (SSSR count). The topological polar surface area (TPSA) is 82.3 Å². The number of carbonyl (C=O) groups excluding carboxylic acids is 2. The van der Waals surface area contributed by atoms with E-state index in [1.54, 1.807) is 0 Å². The molecule has 0 aromatic carbocycles. The second-order valence-corrected chi connectivity index (χ2v) is 6.45. The van der Waals surface area contributed by atoms with E-state index in [1.807, 2.05) is 0 Å². The second kappa shape index (κ2) is 9.66. The van der Waals surface area contributed by atoms with Gasteiger partial charge in [0.15, 0.2) is 0 Å². The lowest BCUT2D eigenvalue weighted by Gasteiger charge is -2.24. The molecule has 1 saturated carbocycles. The Labute approximate surface area is 133 Å². The highest BCUT2D eigenvalue weighted by Crippen LogP contribution is 2.17. The lowest BCUT2D eigenvalue weighted by Crippen LogP contribution is -2.46. The van der Waals surface area contributed by atoms with Gasteiger partial charge in [0.1, 0.15) is 0 Å². The van der Waals surface area contributed by atoms with Crippen molar-refractivity contribution in [2.75, 3.05) is 19.6 Å². The normalized spacial score (nSPS) is 22.8. The summed E-state index contributed by atoms with van der Waals surface area (Å²) in [6.45, 7) is 2.47. The van der Waals surface area contributed by atoms with Crippen LogP contribution in [0.1, 0.15) is 57.8 Å². The summed E-state index contributed by atoms with van der Waals surface area (Å²) < 4.78 is 0. The minimum atomic E-state index is -0.0937. The van der Waals surface area contributed by atoms with E-state index in [9.17, 15) is 9.59 Å². The Bertz CT molecular complexity index is 316. The van der Waals surface area contributed by atoms with Crippen molar-refractivity contribution >= 4 is 11.9 Å². The molecule has 0 radical (unpaired) electrons. The van der Waals surface area contributed by atoms with Gasteiger partial charge in [-0.1, -0.05) is 19.3 Å². The van der Waals surface area contributed by atoms with E-state index in [1.165, 1.54) is 19.3 Å². The average molecular weight is 310 g/mol. The molecule has 1 aliphatic heterocycles. The van der Waals surface area contributed by atoms with Crippen molar-refractivity contribution in [3.63, 3.8) is 0 Å². The number of piperidine rings is 1. The van der Waals surface area contributed by atoms with Crippen molar-refractivity contribution in [3.8, 4) is 0 Å². The molecule has 6 heteroatoms. The highest BCUT2D eigenvalue weighted by Gasteiger charge is 2.16. The van der Waals surface area contributed by atoms with Crippen molar-refractivity contribution < 1.29 is 9.59 Å². The van der Waals surface area contributed by atoms with Crippen LogP contribution < -0.4 is 21.3 Å². The maximum absolute atomic E-state index is 11.8. The van der Waals surface area contributed by atoms with Crippen molar-refractivity contribution in [3.05, 3.63) is 0 Å². The number of urea groups is 1. The standard InChI is InChI=1S/C16H30N4O2/c21-15(19-14-8-4-10-17-12-14)9-5-11-18-16(22)20-13-6-2-1-3-7-13/h13-14,17H,1-12H2,(H,19,21)(H2,18,20,22). The molecule has 4 N–H and O–H groups in total. The first-order chi connectivity index (χ1) is 10.7. The Morgan fingerprint density at radius 1 is 0.955 bits per heavy atom. The Balaban J connectivity index is 1.48. The first kappa shape index (κ1) is 17.1. The van der Waals surface area contributed by atoms with Crippen LogP contribution in [0.15, 0.2) is 0 Å². The molecular weight excluding hydrogens is 280 g/mol. The summed E-state index contributed by atoms with van der Waals surface area (Å²) in [6, 6.07) is 0.503. The van der Waals surface area contributed by atoms with Crippen molar-refractivity contribution in [2.45, 2.75) is 69.9 Å². The van der Waals surface area contributed by atoms with Crippen LogP contribution in [-0.2, 0) is 4.79 Å². The van der Waals surface area contributed by atoms with Gasteiger partial charge in [0.25, 0.3) is 0 Å². The number of hydrogen-bond acceptors (Lipinski definition) is 3. The van der Waals surface area contributed by atoms with Gasteiger partial charge in [-0.2, -0.15) is 0 Å². The van der Waals surface area contributed by atoms with E-state index >= 15 is 0 Å². The Morgan fingerprint density at radius 3 is 2.45 bits per heavy atom. The van der Waals surface area contributed by atoms with Gasteiger partial charge >= 0.3 is 6.03 Å². The summed E-state index contributed by atoms with van der Waals surface area (Å²) in [4.78, 5) is 23.5. The average Bonchev–Trinajstić information content (AvgIpc) is 2.53. The van der Waals surface area contributed by atoms with Crippen LogP contribution in [0.4, 0.5) is 4.79 Å². The smallest absolute Gasteiger partial charge is 0.315 e. The van der Waals surface area contributed by atoms with Crippen molar-refractivity contribution in [2.24, 2.45) is 0 Å². The Morgan fingerprint density at radius 2 is 1.73 bits per heavy atom. The summed E-state index contributed by atoms with van der Waals surface area (Å²) in [5.41, 5.74) is 0. The summed E-state index contributed by atoms with van der Waals surface area (Å²) in [5.74, 6) is 0.0863. The Kier molecular flexibility index (Phi) is 7.49. The van der Waals surface area contributed by atoms with Gasteiger partial charge in [-0.25, -0.2) is 4.79 Å². The lowest BCUT2D eigenvalue weighted by atomic mass is 9.96. The van der Waals surface area contributed by atoms with Crippen LogP contribution in [-0.4, -0.2) is 43.7 Å². The van der Waals surface area contributed by atoms with Gasteiger partial charge < -0.3 is 21.3 Å². The largest absolute Gasteiger partial charge is 0.352 e. The molecule has 6 nitrogen and oxygen atoms in total. The maximum atomic E-state index is 11.8. The van der Waals surface area contributed by atoms with Crippen LogP contribution in [0.2, 0.25) is 0 Å². The highest BCUT2D eigenvalue weighted by atomic mass is 16.2. The number of nitrogens with one attached hydrogen (secondary N) is 4. The van der Waals surface area contributed by atoms with E-state index in [-0.39, 0.29) is 18.0 Å². The van der Waals surface area contributed by atoms with E-state index in [0.29, 0.717) is 25.4 Å². The third kappa shape index (κ3) is 6.64. The minimum Gasteiger partial charge on any atom is -0.352 e. The van der Waals surface area contributed by atoms with Crippen molar-refractivity contribution in [1.82, 2.24) is 21.3 Å². The van der Waals surface area contributed by atoms with Gasteiger partial charge in [0.2, 0.25) is 5.91 Å². The first-order valence-electron chi connectivity index (χ1n) is 8.78. The zero-order valence-corrected chi connectivity index (χ0v) is 13.5. The predicted molar refractivity (Wildman–Crippen MR) is 86.7 cm³/mol. The molecule has 1 saturated heterocycles. The molecule has 0 bridgehead atoms. The molecular formula is C16H30N4O2. The van der Waals surface area contributed by atoms with E-state index in [2.05, 4.69) is 21.3 Å². The van der Waals surface area contributed by atoms with Gasteiger partial charge in [0, 0.05) is 31.6 Å². The SMILES string of the molecule is O=C(CCCNC(=O)NC1CCCCC1)NC1CCCNC1. The fraction of sp³-hybridized carbons (Fsp3) is 0.875. The highest BCUT2D eigenvalue weighted by molar-refractivity contribution is 5.76. The molecule has 1 atom stereocenters. The molecule has 3 amide bonds. The molecule has 1 aliphatic carbocycles. The lowest BCUT2D eigenvalue weighted by molar-refractivity contribution is -0.122. The fourth-order valence-electron chi connectivity index (χ4n) is 3.21. The number of hydrogen-bond donors (Lipinski definition) is 4. The van der Waals surface area contributed by atoms with Crippen LogP contribution in [0.25, 0.3) is 0 Å². The van der Waals surface area contributed by atoms with Gasteiger partial charge in [-0.3, -0.25) is 4.79 Å². The number of carbonyl (C=O) groups is 2. The second-order valence-electron chi connectivity index (χ2n) is 6.45. The molecule has 0 spiro atoms. The summed E-state index contributed by atoms with van der Waals surface area (Å²) in [7, 11) is 0. The molecule has 0 aromatic rings. The zero-order chi connectivity index (χ0) is 15.6.